The molecule has 11 heavy (non-hydrogen) atoms. The second kappa shape index (κ2) is 3.05. The summed E-state index contributed by atoms with van der Waals surface area (Å²) in [6.45, 7) is 3.71. The van der Waals surface area contributed by atoms with Crippen molar-refractivity contribution in [1.29, 1.82) is 0 Å². The van der Waals surface area contributed by atoms with E-state index in [4.69, 9.17) is 5.11 Å². The van der Waals surface area contributed by atoms with Crippen molar-refractivity contribution in [1.82, 2.24) is 0 Å². The van der Waals surface area contributed by atoms with Gasteiger partial charge in [0.05, 0.1) is 12.0 Å². The average Bonchev–Trinajstić information content (AvgIpc) is 1.85. The van der Waals surface area contributed by atoms with Gasteiger partial charge in [0.1, 0.15) is 0 Å². The monoisotopic (exact) mass is 156 g/mol. The van der Waals surface area contributed by atoms with Gasteiger partial charge in [0.15, 0.2) is 0 Å². The molecule has 1 aliphatic rings. The van der Waals surface area contributed by atoms with Crippen molar-refractivity contribution in [2.45, 2.75) is 25.4 Å². The molecule has 0 aromatic heterocycles. The Hall–Kier alpha value is -0.830. The minimum Gasteiger partial charge on any atom is -0.481 e. The predicted molar refractivity (Wildman–Crippen MR) is 40.1 cm³/mol. The molecule has 2 atom stereocenters. The molecule has 0 radical (unpaired) electrons. The molecule has 0 aromatic rings. The van der Waals surface area contributed by atoms with Crippen LogP contribution in [-0.2, 0) is 4.79 Å². The molecule has 1 rings (SSSR count). The van der Waals surface area contributed by atoms with Crippen LogP contribution in [0.15, 0.2) is 12.2 Å². The topological polar surface area (TPSA) is 57.5 Å². The zero-order chi connectivity index (χ0) is 8.43. The second-order valence-electron chi connectivity index (χ2n) is 3.00. The summed E-state index contributed by atoms with van der Waals surface area (Å²) in [4.78, 5) is 10.5. The van der Waals surface area contributed by atoms with Gasteiger partial charge in [0, 0.05) is 0 Å². The molecule has 0 bridgehead atoms. The number of aliphatic carboxylic acids is 1. The Morgan fingerprint density at radius 3 is 2.73 bits per heavy atom. The minimum atomic E-state index is -0.898. The highest BCUT2D eigenvalue weighted by atomic mass is 16.4. The first kappa shape index (κ1) is 8.27. The van der Waals surface area contributed by atoms with Gasteiger partial charge in [-0.3, -0.25) is 4.79 Å². The van der Waals surface area contributed by atoms with Crippen LogP contribution in [0.25, 0.3) is 0 Å². The SMILES string of the molecule is C=C1CCC(C(=O)O)C(O)C1. The number of aliphatic hydroxyl groups is 1. The van der Waals surface area contributed by atoms with E-state index >= 15 is 0 Å². The van der Waals surface area contributed by atoms with E-state index in [0.717, 1.165) is 12.0 Å². The van der Waals surface area contributed by atoms with Crippen LogP contribution in [0.5, 0.6) is 0 Å². The Labute approximate surface area is 65.3 Å². The Morgan fingerprint density at radius 2 is 2.27 bits per heavy atom. The number of carboxylic acids is 1. The van der Waals surface area contributed by atoms with Crippen LogP contribution in [0.4, 0.5) is 0 Å². The van der Waals surface area contributed by atoms with Crippen LogP contribution < -0.4 is 0 Å². The van der Waals surface area contributed by atoms with Crippen LogP contribution in [0.3, 0.4) is 0 Å². The molecule has 0 amide bonds. The zero-order valence-corrected chi connectivity index (χ0v) is 6.29. The lowest BCUT2D eigenvalue weighted by Gasteiger charge is -2.25. The fourth-order valence-electron chi connectivity index (χ4n) is 1.38. The van der Waals surface area contributed by atoms with E-state index in [1.165, 1.54) is 0 Å². The summed E-state index contributed by atoms with van der Waals surface area (Å²) in [5, 5.41) is 17.9. The molecule has 0 aliphatic heterocycles. The molecule has 1 fully saturated rings. The van der Waals surface area contributed by atoms with Crippen molar-refractivity contribution in [2.24, 2.45) is 5.92 Å². The molecular weight excluding hydrogens is 144 g/mol. The van der Waals surface area contributed by atoms with Crippen molar-refractivity contribution in [2.75, 3.05) is 0 Å². The fraction of sp³-hybridized carbons (Fsp3) is 0.625. The van der Waals surface area contributed by atoms with Crippen molar-refractivity contribution in [3.05, 3.63) is 12.2 Å². The summed E-state index contributed by atoms with van der Waals surface area (Å²) in [6, 6.07) is 0. The van der Waals surface area contributed by atoms with Crippen LogP contribution in [-0.4, -0.2) is 22.3 Å². The first-order valence-corrected chi connectivity index (χ1v) is 3.69. The second-order valence-corrected chi connectivity index (χ2v) is 3.00. The molecule has 2 N–H and O–H groups in total. The highest BCUT2D eigenvalue weighted by Crippen LogP contribution is 2.27. The summed E-state index contributed by atoms with van der Waals surface area (Å²) in [6.07, 6.45) is 0.967. The van der Waals surface area contributed by atoms with Crippen molar-refractivity contribution >= 4 is 5.97 Å². The number of aliphatic hydroxyl groups excluding tert-OH is 1. The molecule has 2 unspecified atom stereocenters. The first-order valence-electron chi connectivity index (χ1n) is 3.69. The standard InChI is InChI=1S/C8H12O3/c1-5-2-3-6(8(10)11)7(9)4-5/h6-7,9H,1-4H2,(H,10,11). The molecular formula is C8H12O3. The van der Waals surface area contributed by atoms with Crippen LogP contribution in [0.1, 0.15) is 19.3 Å². The van der Waals surface area contributed by atoms with E-state index in [1.807, 2.05) is 0 Å². The maximum absolute atomic E-state index is 10.5. The molecule has 0 aromatic carbocycles. The molecule has 1 aliphatic carbocycles. The first-order chi connectivity index (χ1) is 5.11. The zero-order valence-electron chi connectivity index (χ0n) is 6.29. The molecule has 0 spiro atoms. The molecule has 3 heteroatoms. The third-order valence-corrected chi connectivity index (χ3v) is 2.09. The maximum atomic E-state index is 10.5. The summed E-state index contributed by atoms with van der Waals surface area (Å²) in [7, 11) is 0. The number of hydrogen-bond acceptors (Lipinski definition) is 2. The molecule has 62 valence electrons. The quantitative estimate of drug-likeness (QED) is 0.552. The highest BCUT2D eigenvalue weighted by Gasteiger charge is 2.30. The van der Waals surface area contributed by atoms with E-state index in [-0.39, 0.29) is 0 Å². The molecule has 0 saturated heterocycles. The van der Waals surface area contributed by atoms with E-state index in [0.29, 0.717) is 12.8 Å². The number of hydrogen-bond donors (Lipinski definition) is 2. The summed E-state index contributed by atoms with van der Waals surface area (Å²) < 4.78 is 0. The van der Waals surface area contributed by atoms with Gasteiger partial charge in [-0.15, -0.1) is 0 Å². The van der Waals surface area contributed by atoms with Crippen molar-refractivity contribution < 1.29 is 15.0 Å². The Balaban J connectivity index is 2.57. The summed E-state index contributed by atoms with van der Waals surface area (Å²) in [5.41, 5.74) is 0.954. The fourth-order valence-corrected chi connectivity index (χ4v) is 1.38. The Kier molecular flexibility index (Phi) is 2.29. The average molecular weight is 156 g/mol. The van der Waals surface area contributed by atoms with E-state index < -0.39 is 18.0 Å². The highest BCUT2D eigenvalue weighted by molar-refractivity contribution is 5.71. The molecule has 3 nitrogen and oxygen atoms in total. The van der Waals surface area contributed by atoms with Gasteiger partial charge in [-0.2, -0.15) is 0 Å². The van der Waals surface area contributed by atoms with Crippen LogP contribution in [0, 0.1) is 5.92 Å². The van der Waals surface area contributed by atoms with Gasteiger partial charge >= 0.3 is 5.97 Å². The number of rotatable bonds is 1. The van der Waals surface area contributed by atoms with E-state index in [1.54, 1.807) is 0 Å². The minimum absolute atomic E-state index is 0.441. The van der Waals surface area contributed by atoms with Gasteiger partial charge in [-0.1, -0.05) is 12.2 Å². The summed E-state index contributed by atoms with van der Waals surface area (Å²) in [5.74, 6) is -1.48. The lowest BCUT2D eigenvalue weighted by molar-refractivity contribution is -0.146. The lowest BCUT2D eigenvalue weighted by Crippen LogP contribution is -2.31. The normalized spacial score (nSPS) is 31.9. The maximum Gasteiger partial charge on any atom is 0.309 e. The van der Waals surface area contributed by atoms with Crippen LogP contribution >= 0.6 is 0 Å². The predicted octanol–water partition coefficient (Wildman–Crippen LogP) is 0.788. The number of carboxylic acid groups (broad SMARTS) is 1. The van der Waals surface area contributed by atoms with Gasteiger partial charge in [0.2, 0.25) is 0 Å². The van der Waals surface area contributed by atoms with E-state index in [9.17, 15) is 9.90 Å². The van der Waals surface area contributed by atoms with E-state index in [2.05, 4.69) is 6.58 Å². The third-order valence-electron chi connectivity index (χ3n) is 2.09. The smallest absolute Gasteiger partial charge is 0.309 e. The van der Waals surface area contributed by atoms with Crippen molar-refractivity contribution in [3.63, 3.8) is 0 Å². The summed E-state index contributed by atoms with van der Waals surface area (Å²) >= 11 is 0. The third kappa shape index (κ3) is 1.80. The number of carbonyl (C=O) groups is 1. The Morgan fingerprint density at radius 1 is 1.64 bits per heavy atom. The Bertz CT molecular complexity index is 186. The van der Waals surface area contributed by atoms with Crippen molar-refractivity contribution in [3.8, 4) is 0 Å². The van der Waals surface area contributed by atoms with Gasteiger partial charge in [-0.05, 0) is 19.3 Å². The molecule has 0 heterocycles. The van der Waals surface area contributed by atoms with Crippen LogP contribution in [0.2, 0.25) is 0 Å². The van der Waals surface area contributed by atoms with Gasteiger partial charge in [-0.25, -0.2) is 0 Å². The van der Waals surface area contributed by atoms with Gasteiger partial charge in [0.25, 0.3) is 0 Å². The lowest BCUT2D eigenvalue weighted by atomic mass is 9.84. The molecule has 1 saturated carbocycles. The largest absolute Gasteiger partial charge is 0.481 e. The van der Waals surface area contributed by atoms with Gasteiger partial charge < -0.3 is 10.2 Å².